The Bertz CT molecular complexity index is 1130. The van der Waals surface area contributed by atoms with Gasteiger partial charge < -0.3 is 20.3 Å². The Balaban J connectivity index is 2.53. The molecule has 0 saturated heterocycles. The Hall–Kier alpha value is -3.86. The van der Waals surface area contributed by atoms with E-state index in [9.17, 15) is 19.6 Å². The normalized spacial score (nSPS) is 12.5. The van der Waals surface area contributed by atoms with Gasteiger partial charge >= 0.3 is 6.09 Å². The van der Waals surface area contributed by atoms with Gasteiger partial charge in [0.15, 0.2) is 0 Å². The van der Waals surface area contributed by atoms with Crippen LogP contribution in [0.1, 0.15) is 75.3 Å². The van der Waals surface area contributed by atoms with Crippen LogP contribution in [0.3, 0.4) is 0 Å². The quantitative estimate of drug-likeness (QED) is 0.289. The zero-order valence-corrected chi connectivity index (χ0v) is 24.0. The van der Waals surface area contributed by atoms with Crippen molar-refractivity contribution in [2.75, 3.05) is 13.1 Å². The second-order valence-corrected chi connectivity index (χ2v) is 10.7. The molecule has 0 saturated carbocycles. The smallest absolute Gasteiger partial charge is 0.408 e. The first-order valence-electron chi connectivity index (χ1n) is 13.5. The molecule has 0 radical (unpaired) electrons. The summed E-state index contributed by atoms with van der Waals surface area (Å²) in [6.45, 7) is 11.2. The number of amides is 3. The number of carbonyl (C=O) groups is 3. The molecular weight excluding hydrogens is 492 g/mol. The summed E-state index contributed by atoms with van der Waals surface area (Å²) >= 11 is 0. The van der Waals surface area contributed by atoms with Gasteiger partial charge in [-0.25, -0.2) is 4.79 Å². The predicted octanol–water partition coefficient (Wildman–Crippen LogP) is 5.14. The van der Waals surface area contributed by atoms with E-state index >= 15 is 0 Å². The molecule has 0 spiro atoms. The van der Waals surface area contributed by atoms with E-state index in [2.05, 4.69) is 23.6 Å². The third-order valence-corrected chi connectivity index (χ3v) is 6.25. The van der Waals surface area contributed by atoms with E-state index in [1.807, 2.05) is 62.4 Å². The third kappa shape index (κ3) is 9.75. The first-order chi connectivity index (χ1) is 18.5. The molecule has 8 heteroatoms. The minimum Gasteiger partial charge on any atom is -0.444 e. The van der Waals surface area contributed by atoms with Crippen molar-refractivity contribution >= 4 is 17.9 Å². The number of hydrogen-bond acceptors (Lipinski definition) is 5. The van der Waals surface area contributed by atoms with Crippen LogP contribution < -0.4 is 10.6 Å². The van der Waals surface area contributed by atoms with E-state index in [0.29, 0.717) is 12.1 Å². The molecule has 0 aliphatic heterocycles. The summed E-state index contributed by atoms with van der Waals surface area (Å²) in [7, 11) is 0. The zero-order valence-electron chi connectivity index (χ0n) is 24.0. The molecule has 210 valence electrons. The fraction of sp³-hybridized carbons (Fsp3) is 0.484. The number of aryl methyl sites for hydroxylation is 2. The molecule has 2 aromatic rings. The largest absolute Gasteiger partial charge is 0.444 e. The molecule has 2 unspecified atom stereocenters. The van der Waals surface area contributed by atoms with E-state index in [0.717, 1.165) is 36.0 Å². The summed E-state index contributed by atoms with van der Waals surface area (Å²) in [5, 5.41) is 15.4. The Labute approximate surface area is 232 Å². The lowest BCUT2D eigenvalue weighted by Crippen LogP contribution is -2.54. The van der Waals surface area contributed by atoms with E-state index in [4.69, 9.17) is 4.74 Å². The molecule has 2 rings (SSSR count). The zero-order chi connectivity index (χ0) is 29.0. The van der Waals surface area contributed by atoms with Crippen LogP contribution in [0.4, 0.5) is 4.79 Å². The van der Waals surface area contributed by atoms with Gasteiger partial charge in [0, 0.05) is 13.0 Å². The van der Waals surface area contributed by atoms with Gasteiger partial charge in [-0.2, -0.15) is 5.26 Å². The van der Waals surface area contributed by atoms with Gasteiger partial charge in [0.05, 0.1) is 6.07 Å². The molecule has 0 aliphatic carbocycles. The number of alkyl carbamates (subject to hydrolysis) is 1. The highest BCUT2D eigenvalue weighted by atomic mass is 16.6. The molecule has 39 heavy (non-hydrogen) atoms. The number of carbonyl (C=O) groups excluding carboxylic acids is 3. The fourth-order valence-corrected chi connectivity index (χ4v) is 4.44. The molecule has 0 fully saturated rings. The molecule has 0 aromatic heterocycles. The first-order valence-corrected chi connectivity index (χ1v) is 13.5. The average Bonchev–Trinajstić information content (AvgIpc) is 2.86. The number of nitrogens with zero attached hydrogens (tertiary/aromatic N) is 2. The number of nitrogens with one attached hydrogen (secondary N) is 2. The maximum atomic E-state index is 14.2. The van der Waals surface area contributed by atoms with Crippen molar-refractivity contribution in [1.29, 1.82) is 5.26 Å². The monoisotopic (exact) mass is 534 g/mol. The number of benzene rings is 2. The van der Waals surface area contributed by atoms with Crippen LogP contribution in [-0.4, -0.2) is 47.5 Å². The molecule has 0 heterocycles. The number of hydrogen-bond donors (Lipinski definition) is 2. The number of rotatable bonds is 12. The maximum Gasteiger partial charge on any atom is 0.408 e. The first kappa shape index (κ1) is 31.4. The van der Waals surface area contributed by atoms with Crippen molar-refractivity contribution in [2.24, 2.45) is 0 Å². The van der Waals surface area contributed by atoms with Crippen LogP contribution in [0.25, 0.3) is 0 Å². The number of ether oxygens (including phenoxy) is 1. The Morgan fingerprint density at radius 3 is 2.21 bits per heavy atom. The summed E-state index contributed by atoms with van der Waals surface area (Å²) in [6.07, 6.45) is 2.20. The van der Waals surface area contributed by atoms with Crippen molar-refractivity contribution in [3.63, 3.8) is 0 Å². The lowest BCUT2D eigenvalue weighted by Gasteiger charge is -2.34. The molecule has 8 nitrogen and oxygen atoms in total. The summed E-state index contributed by atoms with van der Waals surface area (Å²) in [5.41, 5.74) is 2.38. The standard InChI is InChI=1S/C31H42N4O4/c1-7-8-12-19-33-28(36)27(26-22(2)14-13-15-23(26)3)35(20-18-32)29(37)25(21-24-16-10-9-11-17-24)34-30(38)39-31(4,5)6/h9-11,13-17,25,27H,7-8,12,19-21H2,1-6H3,(H,33,36)(H,34,38). The predicted molar refractivity (Wildman–Crippen MR) is 152 cm³/mol. The van der Waals surface area contributed by atoms with E-state index in [1.54, 1.807) is 20.8 Å². The third-order valence-electron chi connectivity index (χ3n) is 6.25. The number of unbranched alkanes of at least 4 members (excludes halogenated alkanes) is 2. The van der Waals surface area contributed by atoms with Crippen LogP contribution in [0, 0.1) is 25.2 Å². The summed E-state index contributed by atoms with van der Waals surface area (Å²) in [5.74, 6) is -0.898. The van der Waals surface area contributed by atoms with Gasteiger partial charge in [0.1, 0.15) is 24.2 Å². The number of nitriles is 1. The van der Waals surface area contributed by atoms with Crippen LogP contribution in [0.15, 0.2) is 48.5 Å². The van der Waals surface area contributed by atoms with Gasteiger partial charge in [-0.05, 0) is 63.3 Å². The SMILES string of the molecule is CCCCCNC(=O)C(c1c(C)cccc1C)N(CC#N)C(=O)C(Cc1ccccc1)NC(=O)OC(C)(C)C. The Kier molecular flexibility index (Phi) is 12.0. The average molecular weight is 535 g/mol. The summed E-state index contributed by atoms with van der Waals surface area (Å²) in [4.78, 5) is 41.9. The molecule has 0 aliphatic rings. The van der Waals surface area contributed by atoms with Gasteiger partial charge in [0.2, 0.25) is 11.8 Å². The summed E-state index contributed by atoms with van der Waals surface area (Å²) in [6, 6.07) is 14.9. The van der Waals surface area contributed by atoms with Crippen LogP contribution in [0.2, 0.25) is 0 Å². The van der Waals surface area contributed by atoms with Crippen molar-refractivity contribution in [3.8, 4) is 6.07 Å². The van der Waals surface area contributed by atoms with Crippen LogP contribution >= 0.6 is 0 Å². The van der Waals surface area contributed by atoms with Gasteiger partial charge in [-0.1, -0.05) is 68.3 Å². The Morgan fingerprint density at radius 2 is 1.64 bits per heavy atom. The van der Waals surface area contributed by atoms with Crippen LogP contribution in [-0.2, 0) is 20.7 Å². The van der Waals surface area contributed by atoms with E-state index < -0.39 is 29.7 Å². The highest BCUT2D eigenvalue weighted by molar-refractivity contribution is 5.93. The van der Waals surface area contributed by atoms with Crippen LogP contribution in [0.5, 0.6) is 0 Å². The van der Waals surface area contributed by atoms with E-state index in [1.165, 1.54) is 4.90 Å². The lowest BCUT2D eigenvalue weighted by atomic mass is 9.93. The topological polar surface area (TPSA) is 112 Å². The molecule has 3 amide bonds. The van der Waals surface area contributed by atoms with Gasteiger partial charge in [0.25, 0.3) is 0 Å². The highest BCUT2D eigenvalue weighted by Gasteiger charge is 2.37. The van der Waals surface area contributed by atoms with Crippen molar-refractivity contribution < 1.29 is 19.1 Å². The van der Waals surface area contributed by atoms with E-state index in [-0.39, 0.29) is 18.9 Å². The van der Waals surface area contributed by atoms with Gasteiger partial charge in [-0.3, -0.25) is 9.59 Å². The fourth-order valence-electron chi connectivity index (χ4n) is 4.44. The lowest BCUT2D eigenvalue weighted by molar-refractivity contribution is -0.141. The van der Waals surface area contributed by atoms with Crippen molar-refractivity contribution in [3.05, 3.63) is 70.8 Å². The second-order valence-electron chi connectivity index (χ2n) is 10.7. The van der Waals surface area contributed by atoms with Crippen molar-refractivity contribution in [1.82, 2.24) is 15.5 Å². The molecule has 2 aromatic carbocycles. The summed E-state index contributed by atoms with van der Waals surface area (Å²) < 4.78 is 5.44. The van der Waals surface area contributed by atoms with Crippen molar-refractivity contribution in [2.45, 2.75) is 84.9 Å². The molecule has 0 bridgehead atoms. The van der Waals surface area contributed by atoms with Gasteiger partial charge in [-0.15, -0.1) is 0 Å². The minimum atomic E-state index is -1.06. The highest BCUT2D eigenvalue weighted by Crippen LogP contribution is 2.29. The second kappa shape index (κ2) is 14.9. The maximum absolute atomic E-state index is 14.2. The minimum absolute atomic E-state index is 0.165. The molecule has 2 atom stereocenters. The molecular formula is C31H42N4O4. The molecule has 2 N–H and O–H groups in total. The Morgan fingerprint density at radius 1 is 1.00 bits per heavy atom.